The third-order valence-corrected chi connectivity index (χ3v) is 3.61. The van der Waals surface area contributed by atoms with Gasteiger partial charge in [-0.25, -0.2) is 0 Å². The number of amides is 1. The van der Waals surface area contributed by atoms with Gasteiger partial charge in [0.15, 0.2) is 0 Å². The van der Waals surface area contributed by atoms with Crippen molar-refractivity contribution in [2.75, 3.05) is 12.8 Å². The second kappa shape index (κ2) is 8.23. The Morgan fingerprint density at radius 3 is 2.37 bits per heavy atom. The van der Waals surface area contributed by atoms with Crippen molar-refractivity contribution in [1.82, 2.24) is 10.6 Å². The molecular formula is C15H24N2OS. The molecule has 3 nitrogen and oxygen atoms in total. The van der Waals surface area contributed by atoms with Gasteiger partial charge in [0, 0.05) is 29.9 Å². The quantitative estimate of drug-likeness (QED) is 0.755. The number of benzene rings is 1. The zero-order valence-corrected chi connectivity index (χ0v) is 13.0. The van der Waals surface area contributed by atoms with Gasteiger partial charge in [-0.2, -0.15) is 0 Å². The number of thioether (sulfide) groups is 1. The minimum Gasteiger partial charge on any atom is -0.354 e. The van der Waals surface area contributed by atoms with Crippen LogP contribution in [-0.4, -0.2) is 24.7 Å². The monoisotopic (exact) mass is 280 g/mol. The molecule has 0 spiro atoms. The van der Waals surface area contributed by atoms with E-state index in [0.29, 0.717) is 13.0 Å². The molecule has 19 heavy (non-hydrogen) atoms. The van der Waals surface area contributed by atoms with Crippen molar-refractivity contribution in [3.63, 3.8) is 0 Å². The van der Waals surface area contributed by atoms with Gasteiger partial charge in [-0.05, 0) is 44.7 Å². The Morgan fingerprint density at radius 2 is 1.84 bits per heavy atom. The highest BCUT2D eigenvalue weighted by atomic mass is 32.2. The van der Waals surface area contributed by atoms with Crippen LogP contribution in [0.3, 0.4) is 0 Å². The maximum Gasteiger partial charge on any atom is 0.221 e. The summed E-state index contributed by atoms with van der Waals surface area (Å²) >= 11 is 1.74. The third-order valence-electron chi connectivity index (χ3n) is 2.87. The highest BCUT2D eigenvalue weighted by molar-refractivity contribution is 7.98. The fourth-order valence-corrected chi connectivity index (χ4v) is 2.22. The summed E-state index contributed by atoms with van der Waals surface area (Å²) in [5, 5.41) is 6.26. The van der Waals surface area contributed by atoms with Crippen LogP contribution in [-0.2, 0) is 4.79 Å². The van der Waals surface area contributed by atoms with E-state index in [1.165, 1.54) is 10.5 Å². The zero-order chi connectivity index (χ0) is 14.3. The van der Waals surface area contributed by atoms with Crippen LogP contribution in [0.2, 0.25) is 0 Å². The van der Waals surface area contributed by atoms with Gasteiger partial charge in [0.2, 0.25) is 5.91 Å². The summed E-state index contributed by atoms with van der Waals surface area (Å²) in [6.45, 7) is 6.76. The molecule has 0 saturated heterocycles. The standard InChI is InChI=1S/C15H24N2OS/c1-11(2)17-15(18)9-10-16-12(3)13-5-7-14(19-4)8-6-13/h5-8,11-12,16H,9-10H2,1-4H3,(H,17,18). The van der Waals surface area contributed by atoms with Gasteiger partial charge in [0.25, 0.3) is 0 Å². The molecule has 1 aromatic rings. The van der Waals surface area contributed by atoms with E-state index >= 15 is 0 Å². The largest absolute Gasteiger partial charge is 0.354 e. The normalized spacial score (nSPS) is 12.5. The minimum absolute atomic E-state index is 0.104. The van der Waals surface area contributed by atoms with Crippen LogP contribution in [0.15, 0.2) is 29.2 Å². The van der Waals surface area contributed by atoms with Crippen LogP contribution in [0.1, 0.15) is 38.8 Å². The van der Waals surface area contributed by atoms with Crippen molar-refractivity contribution in [3.8, 4) is 0 Å². The lowest BCUT2D eigenvalue weighted by Gasteiger charge is -2.15. The van der Waals surface area contributed by atoms with E-state index in [4.69, 9.17) is 0 Å². The van der Waals surface area contributed by atoms with Gasteiger partial charge in [-0.15, -0.1) is 11.8 Å². The van der Waals surface area contributed by atoms with Gasteiger partial charge in [0.05, 0.1) is 0 Å². The Kier molecular flexibility index (Phi) is 6.95. The molecule has 2 N–H and O–H groups in total. The molecule has 1 amide bonds. The summed E-state index contributed by atoms with van der Waals surface area (Å²) in [7, 11) is 0. The lowest BCUT2D eigenvalue weighted by molar-refractivity contribution is -0.121. The topological polar surface area (TPSA) is 41.1 Å². The molecule has 1 unspecified atom stereocenters. The predicted octanol–water partition coefficient (Wildman–Crippen LogP) is 2.97. The Labute approximate surface area is 120 Å². The maximum absolute atomic E-state index is 11.5. The molecule has 106 valence electrons. The van der Waals surface area contributed by atoms with Gasteiger partial charge in [0.1, 0.15) is 0 Å². The Balaban J connectivity index is 2.34. The minimum atomic E-state index is 0.104. The average Bonchev–Trinajstić information content (AvgIpc) is 2.37. The summed E-state index contributed by atoms with van der Waals surface area (Å²) in [5.74, 6) is 0.104. The fourth-order valence-electron chi connectivity index (χ4n) is 1.81. The Bertz CT molecular complexity index is 390. The first-order chi connectivity index (χ1) is 9.02. The highest BCUT2D eigenvalue weighted by Crippen LogP contribution is 2.18. The van der Waals surface area contributed by atoms with E-state index in [-0.39, 0.29) is 18.0 Å². The van der Waals surface area contributed by atoms with Crippen LogP contribution >= 0.6 is 11.8 Å². The van der Waals surface area contributed by atoms with Gasteiger partial charge < -0.3 is 10.6 Å². The van der Waals surface area contributed by atoms with E-state index in [0.717, 1.165) is 0 Å². The first-order valence-corrected chi connectivity index (χ1v) is 7.92. The van der Waals surface area contributed by atoms with Crippen LogP contribution in [0.4, 0.5) is 0 Å². The number of hydrogen-bond donors (Lipinski definition) is 2. The van der Waals surface area contributed by atoms with Crippen molar-refractivity contribution in [2.45, 2.75) is 44.2 Å². The van der Waals surface area contributed by atoms with Gasteiger partial charge >= 0.3 is 0 Å². The summed E-state index contributed by atoms with van der Waals surface area (Å²) in [4.78, 5) is 12.8. The number of carbonyl (C=O) groups is 1. The molecule has 0 aliphatic heterocycles. The molecule has 0 radical (unpaired) electrons. The van der Waals surface area contributed by atoms with Crippen LogP contribution in [0.25, 0.3) is 0 Å². The lowest BCUT2D eigenvalue weighted by atomic mass is 10.1. The number of nitrogens with one attached hydrogen (secondary N) is 2. The van der Waals surface area contributed by atoms with Gasteiger partial charge in [-0.1, -0.05) is 12.1 Å². The van der Waals surface area contributed by atoms with E-state index in [1.54, 1.807) is 11.8 Å². The molecule has 0 aromatic heterocycles. The number of hydrogen-bond acceptors (Lipinski definition) is 3. The summed E-state index contributed by atoms with van der Waals surface area (Å²) < 4.78 is 0. The van der Waals surface area contributed by atoms with E-state index in [2.05, 4.69) is 48.1 Å². The van der Waals surface area contributed by atoms with Crippen molar-refractivity contribution < 1.29 is 4.79 Å². The predicted molar refractivity (Wildman–Crippen MR) is 82.5 cm³/mol. The first kappa shape index (κ1) is 16.1. The maximum atomic E-state index is 11.5. The molecule has 0 aliphatic carbocycles. The Hall–Kier alpha value is -1.00. The average molecular weight is 280 g/mol. The van der Waals surface area contributed by atoms with Gasteiger partial charge in [-0.3, -0.25) is 4.79 Å². The molecule has 0 aliphatic rings. The molecule has 4 heteroatoms. The summed E-state index contributed by atoms with van der Waals surface area (Å²) in [5.41, 5.74) is 1.25. The Morgan fingerprint density at radius 1 is 1.21 bits per heavy atom. The molecule has 1 aromatic carbocycles. The van der Waals surface area contributed by atoms with Crippen molar-refractivity contribution in [2.24, 2.45) is 0 Å². The van der Waals surface area contributed by atoms with Crippen LogP contribution in [0.5, 0.6) is 0 Å². The lowest BCUT2D eigenvalue weighted by Crippen LogP contribution is -2.33. The molecule has 0 fully saturated rings. The second-order valence-corrected chi connectivity index (χ2v) is 5.80. The fraction of sp³-hybridized carbons (Fsp3) is 0.533. The smallest absolute Gasteiger partial charge is 0.221 e. The van der Waals surface area contributed by atoms with Crippen molar-refractivity contribution in [1.29, 1.82) is 0 Å². The van der Waals surface area contributed by atoms with E-state index in [1.807, 2.05) is 13.8 Å². The molecule has 1 rings (SSSR count). The molecule has 0 heterocycles. The van der Waals surface area contributed by atoms with Crippen LogP contribution in [0, 0.1) is 0 Å². The zero-order valence-electron chi connectivity index (χ0n) is 12.2. The summed E-state index contributed by atoms with van der Waals surface area (Å²) in [6.07, 6.45) is 2.59. The van der Waals surface area contributed by atoms with E-state index < -0.39 is 0 Å². The molecule has 0 saturated carbocycles. The number of carbonyl (C=O) groups excluding carboxylic acids is 1. The summed E-state index contributed by atoms with van der Waals surface area (Å²) in [6, 6.07) is 9.01. The third kappa shape index (κ3) is 6.12. The van der Waals surface area contributed by atoms with Crippen LogP contribution < -0.4 is 10.6 Å². The first-order valence-electron chi connectivity index (χ1n) is 6.69. The SMILES string of the molecule is CSc1ccc(C(C)NCCC(=O)NC(C)C)cc1. The molecular weight excluding hydrogens is 256 g/mol. The number of rotatable bonds is 7. The van der Waals surface area contributed by atoms with E-state index in [9.17, 15) is 4.79 Å². The van der Waals surface area contributed by atoms with Crippen molar-refractivity contribution in [3.05, 3.63) is 29.8 Å². The highest BCUT2D eigenvalue weighted by Gasteiger charge is 2.07. The van der Waals surface area contributed by atoms with Crippen molar-refractivity contribution >= 4 is 17.7 Å². The molecule has 1 atom stereocenters. The molecule has 0 bridgehead atoms. The second-order valence-electron chi connectivity index (χ2n) is 4.92.